The van der Waals surface area contributed by atoms with Crippen LogP contribution in [-0.4, -0.2) is 0 Å². The van der Waals surface area contributed by atoms with Gasteiger partial charge in [-0.25, -0.2) is 0 Å². The Morgan fingerprint density at radius 1 is 0.545 bits per heavy atom. The van der Waals surface area contributed by atoms with Crippen LogP contribution in [0.5, 0.6) is 0 Å². The maximum atomic E-state index is 6.41. The van der Waals surface area contributed by atoms with Gasteiger partial charge in [0.05, 0.1) is 0 Å². The molecule has 0 atom stereocenters. The van der Waals surface area contributed by atoms with Crippen molar-refractivity contribution in [2.24, 2.45) is 0 Å². The van der Waals surface area contributed by atoms with Crippen LogP contribution in [0.25, 0.3) is 64.4 Å². The van der Waals surface area contributed by atoms with Crippen molar-refractivity contribution in [3.05, 3.63) is 108 Å². The lowest BCUT2D eigenvalue weighted by Gasteiger charge is -2.04. The van der Waals surface area contributed by atoms with Crippen molar-refractivity contribution < 1.29 is 4.42 Å². The molecule has 5 aromatic carbocycles. The van der Waals surface area contributed by atoms with E-state index in [1.807, 2.05) is 23.5 Å². The summed E-state index contributed by atoms with van der Waals surface area (Å²) in [5.74, 6) is 0. The smallest absolute Gasteiger partial charge is 0.143 e. The summed E-state index contributed by atoms with van der Waals surface area (Å²) in [5.41, 5.74) is 6.73. The second-order valence-corrected chi connectivity index (χ2v) is 10.1. The van der Waals surface area contributed by atoms with Gasteiger partial charge < -0.3 is 4.42 Å². The third-order valence-electron chi connectivity index (χ3n) is 6.37. The highest BCUT2D eigenvalue weighted by Gasteiger charge is 2.18. The summed E-state index contributed by atoms with van der Waals surface area (Å²) < 4.78 is 10.1. The van der Waals surface area contributed by atoms with Gasteiger partial charge in [0.1, 0.15) is 11.2 Å². The molecule has 7 aromatic rings. The van der Waals surface area contributed by atoms with Gasteiger partial charge in [0.2, 0.25) is 0 Å². The topological polar surface area (TPSA) is 13.1 Å². The summed E-state index contributed by atoms with van der Waals surface area (Å²) in [6.45, 7) is 0. The largest absolute Gasteiger partial charge is 0.455 e. The van der Waals surface area contributed by atoms with E-state index in [2.05, 4.69) is 107 Å². The predicted octanol–water partition coefficient (Wildman–Crippen LogP) is 10.1. The van der Waals surface area contributed by atoms with Gasteiger partial charge in [0.25, 0.3) is 0 Å². The van der Waals surface area contributed by atoms with E-state index < -0.39 is 0 Å². The van der Waals surface area contributed by atoms with Gasteiger partial charge >= 0.3 is 0 Å². The third kappa shape index (κ3) is 2.83. The fourth-order valence-corrected chi connectivity index (χ4v) is 6.82. The molecule has 0 radical (unpaired) electrons. The summed E-state index contributed by atoms with van der Waals surface area (Å²) in [5, 5.41) is 4.86. The van der Waals surface area contributed by atoms with Gasteiger partial charge in [-0.3, -0.25) is 0 Å². The van der Waals surface area contributed by atoms with Crippen molar-refractivity contribution in [3.8, 4) is 22.3 Å². The number of benzene rings is 5. The van der Waals surface area contributed by atoms with Gasteiger partial charge in [-0.2, -0.15) is 0 Å². The van der Waals surface area contributed by atoms with Crippen LogP contribution in [0.1, 0.15) is 0 Å². The molecular weight excluding hydrogens is 488 g/mol. The normalized spacial score (nSPS) is 11.8. The molecule has 1 nitrogen and oxygen atoms in total. The molecule has 2 heterocycles. The number of hydrogen-bond donors (Lipinski definition) is 0. The lowest BCUT2D eigenvalue weighted by atomic mass is 9.99. The Balaban J connectivity index is 1.56. The minimum absolute atomic E-state index is 0.904. The lowest BCUT2D eigenvalue weighted by molar-refractivity contribution is 0.670. The number of rotatable bonds is 2. The first-order valence-electron chi connectivity index (χ1n) is 10.9. The van der Waals surface area contributed by atoms with Crippen molar-refractivity contribution in [3.63, 3.8) is 0 Å². The Morgan fingerprint density at radius 3 is 1.97 bits per heavy atom. The molecule has 0 saturated carbocycles. The van der Waals surface area contributed by atoms with Crippen LogP contribution in [-0.2, 0) is 0 Å². The van der Waals surface area contributed by atoms with Crippen LogP contribution in [0.2, 0.25) is 0 Å². The molecule has 2 aromatic heterocycles. The molecule has 0 bridgehead atoms. The summed E-state index contributed by atoms with van der Waals surface area (Å²) in [4.78, 5) is 0. The highest BCUT2D eigenvalue weighted by Crippen LogP contribution is 2.46. The molecule has 7 rings (SSSR count). The molecule has 3 heteroatoms. The molecule has 156 valence electrons. The first-order chi connectivity index (χ1) is 16.3. The minimum atomic E-state index is 0.904. The summed E-state index contributed by atoms with van der Waals surface area (Å²) >= 11 is 5.59. The van der Waals surface area contributed by atoms with Gasteiger partial charge in [-0.1, -0.05) is 107 Å². The Bertz CT molecular complexity index is 1830. The van der Waals surface area contributed by atoms with Crippen molar-refractivity contribution in [2.75, 3.05) is 0 Å². The van der Waals surface area contributed by atoms with Crippen LogP contribution in [0, 0.1) is 0 Å². The number of furan rings is 1. The second kappa shape index (κ2) is 7.31. The molecule has 0 saturated heterocycles. The Labute approximate surface area is 203 Å². The van der Waals surface area contributed by atoms with Crippen molar-refractivity contribution in [1.29, 1.82) is 0 Å². The molecular formula is C30H17BrOS. The van der Waals surface area contributed by atoms with Crippen LogP contribution in [0.3, 0.4) is 0 Å². The molecule has 0 amide bonds. The standard InChI is InChI=1S/C30H17BrOS/c31-25-16-7-17-26-27(25)24-15-5-11-20(28(24)32-26)21-12-6-14-23-22-13-4-10-19(29(22)33-30(21)23)18-8-2-1-3-9-18/h1-17H. The molecule has 0 N–H and O–H groups in total. The number of halogens is 1. The van der Waals surface area contributed by atoms with E-state index >= 15 is 0 Å². The number of fused-ring (bicyclic) bond motifs is 6. The Hall–Kier alpha value is -3.40. The van der Waals surface area contributed by atoms with Crippen molar-refractivity contribution in [2.45, 2.75) is 0 Å². The van der Waals surface area contributed by atoms with E-state index in [4.69, 9.17) is 4.42 Å². The van der Waals surface area contributed by atoms with Crippen molar-refractivity contribution >= 4 is 69.4 Å². The molecule has 0 fully saturated rings. The summed E-state index contributed by atoms with van der Waals surface area (Å²) in [6.07, 6.45) is 0. The first kappa shape index (κ1) is 19.1. The fourth-order valence-electron chi connectivity index (χ4n) is 4.89. The van der Waals surface area contributed by atoms with Gasteiger partial charge in [-0.05, 0) is 23.3 Å². The zero-order valence-electron chi connectivity index (χ0n) is 17.5. The minimum Gasteiger partial charge on any atom is -0.455 e. The lowest BCUT2D eigenvalue weighted by Crippen LogP contribution is -1.79. The van der Waals surface area contributed by atoms with E-state index in [9.17, 15) is 0 Å². The zero-order valence-corrected chi connectivity index (χ0v) is 19.9. The van der Waals surface area contributed by atoms with E-state index in [-0.39, 0.29) is 0 Å². The molecule has 0 aliphatic carbocycles. The quantitative estimate of drug-likeness (QED) is 0.228. The predicted molar refractivity (Wildman–Crippen MR) is 145 cm³/mol. The SMILES string of the molecule is Brc1cccc2oc3c(-c4cccc5c4sc4c(-c6ccccc6)cccc45)cccc3c12. The van der Waals surface area contributed by atoms with E-state index in [1.54, 1.807) is 0 Å². The average Bonchev–Trinajstić information content (AvgIpc) is 3.43. The van der Waals surface area contributed by atoms with Gasteiger partial charge in [-0.15, -0.1) is 11.3 Å². The van der Waals surface area contributed by atoms with Crippen molar-refractivity contribution in [1.82, 2.24) is 0 Å². The fraction of sp³-hybridized carbons (Fsp3) is 0. The average molecular weight is 505 g/mol. The zero-order chi connectivity index (χ0) is 21.9. The first-order valence-corrected chi connectivity index (χ1v) is 12.5. The summed E-state index contributed by atoms with van der Waals surface area (Å²) in [7, 11) is 0. The number of thiophene rings is 1. The molecule has 0 spiro atoms. The maximum Gasteiger partial charge on any atom is 0.143 e. The highest BCUT2D eigenvalue weighted by molar-refractivity contribution is 9.10. The van der Waals surface area contributed by atoms with Gasteiger partial charge in [0, 0.05) is 46.5 Å². The second-order valence-electron chi connectivity index (χ2n) is 8.23. The van der Waals surface area contributed by atoms with E-state index in [1.165, 1.54) is 36.9 Å². The number of para-hydroxylation sites is 1. The van der Waals surface area contributed by atoms with Gasteiger partial charge in [0.15, 0.2) is 0 Å². The Morgan fingerprint density at radius 2 is 1.18 bits per heavy atom. The van der Waals surface area contributed by atoms with Crippen LogP contribution in [0.4, 0.5) is 0 Å². The number of hydrogen-bond acceptors (Lipinski definition) is 2. The van der Waals surface area contributed by atoms with Crippen LogP contribution >= 0.6 is 27.3 Å². The third-order valence-corrected chi connectivity index (χ3v) is 8.32. The molecule has 0 unspecified atom stereocenters. The Kier molecular flexibility index (Phi) is 4.23. The molecule has 0 aliphatic heterocycles. The van der Waals surface area contributed by atoms with E-state index in [0.29, 0.717) is 0 Å². The molecule has 33 heavy (non-hydrogen) atoms. The highest BCUT2D eigenvalue weighted by atomic mass is 79.9. The summed E-state index contributed by atoms with van der Waals surface area (Å²) in [6, 6.07) is 36.5. The van der Waals surface area contributed by atoms with Crippen LogP contribution in [0.15, 0.2) is 112 Å². The van der Waals surface area contributed by atoms with Crippen LogP contribution < -0.4 is 0 Å². The monoisotopic (exact) mass is 504 g/mol. The molecule has 0 aliphatic rings. The van der Waals surface area contributed by atoms with E-state index in [0.717, 1.165) is 32.0 Å². The maximum absolute atomic E-state index is 6.41.